The average molecular weight is 251 g/mol. The number of hydrogen-bond acceptors (Lipinski definition) is 3. The number of hydrogen-bond donors (Lipinski definition) is 0. The van der Waals surface area contributed by atoms with E-state index >= 15 is 0 Å². The molecule has 86 valence electrons. The van der Waals surface area contributed by atoms with Crippen LogP contribution in [0.2, 0.25) is 0 Å². The van der Waals surface area contributed by atoms with Crippen molar-refractivity contribution < 1.29 is 8.42 Å². The van der Waals surface area contributed by atoms with Gasteiger partial charge in [0.25, 0.3) is 9.05 Å². The first-order valence-corrected chi connectivity index (χ1v) is 7.19. The molecular formula is C9H15ClN2O2S. The maximum Gasteiger partial charge on any atom is 0.280 e. The predicted molar refractivity (Wildman–Crippen MR) is 59.6 cm³/mol. The third kappa shape index (κ3) is 2.95. The van der Waals surface area contributed by atoms with Crippen molar-refractivity contribution in [3.8, 4) is 0 Å². The summed E-state index contributed by atoms with van der Waals surface area (Å²) in [5.41, 5.74) is 0. The van der Waals surface area contributed by atoms with Gasteiger partial charge >= 0.3 is 0 Å². The molecule has 0 aliphatic carbocycles. The topological polar surface area (TPSA) is 52.0 Å². The number of rotatable bonds is 4. The molecule has 1 aromatic heterocycles. The summed E-state index contributed by atoms with van der Waals surface area (Å²) in [6.07, 6.45) is 3.17. The highest BCUT2D eigenvalue weighted by Crippen LogP contribution is 2.18. The molecule has 0 saturated carbocycles. The van der Waals surface area contributed by atoms with Gasteiger partial charge in [0.15, 0.2) is 5.03 Å². The highest BCUT2D eigenvalue weighted by Gasteiger charge is 2.18. The van der Waals surface area contributed by atoms with E-state index in [0.717, 1.165) is 18.7 Å². The van der Waals surface area contributed by atoms with Crippen molar-refractivity contribution in [3.05, 3.63) is 12.0 Å². The van der Waals surface area contributed by atoms with Crippen molar-refractivity contribution in [2.45, 2.75) is 44.7 Å². The smallest absolute Gasteiger partial charge is 0.280 e. The lowest BCUT2D eigenvalue weighted by molar-refractivity contribution is 0.564. The maximum absolute atomic E-state index is 11.1. The van der Waals surface area contributed by atoms with E-state index in [4.69, 9.17) is 10.7 Å². The Morgan fingerprint density at radius 3 is 2.53 bits per heavy atom. The lowest BCUT2D eigenvalue weighted by Gasteiger charge is -2.09. The van der Waals surface area contributed by atoms with Crippen molar-refractivity contribution in [2.75, 3.05) is 0 Å². The van der Waals surface area contributed by atoms with Crippen LogP contribution in [0.3, 0.4) is 0 Å². The minimum Gasteiger partial charge on any atom is -0.331 e. The van der Waals surface area contributed by atoms with Crippen LogP contribution in [0, 0.1) is 0 Å². The van der Waals surface area contributed by atoms with Gasteiger partial charge in [-0.3, -0.25) is 0 Å². The lowest BCUT2D eigenvalue weighted by Crippen LogP contribution is -2.04. The quantitative estimate of drug-likeness (QED) is 0.771. The summed E-state index contributed by atoms with van der Waals surface area (Å²) >= 11 is 0. The zero-order valence-electron chi connectivity index (χ0n) is 9.07. The van der Waals surface area contributed by atoms with Crippen LogP contribution in [0.25, 0.3) is 0 Å². The Balaban J connectivity index is 3.21. The number of aryl methyl sites for hydroxylation is 1. The Morgan fingerprint density at radius 1 is 1.53 bits per heavy atom. The van der Waals surface area contributed by atoms with Gasteiger partial charge in [-0.05, 0) is 20.3 Å². The van der Waals surface area contributed by atoms with Gasteiger partial charge in [-0.15, -0.1) is 0 Å². The molecule has 1 aromatic rings. The molecule has 0 amide bonds. The average Bonchev–Trinajstić information content (AvgIpc) is 2.48. The molecular weight excluding hydrogens is 236 g/mol. The van der Waals surface area contributed by atoms with E-state index < -0.39 is 9.05 Å². The Kier molecular flexibility index (Phi) is 3.78. The van der Waals surface area contributed by atoms with Crippen molar-refractivity contribution in [1.82, 2.24) is 9.55 Å². The highest BCUT2D eigenvalue weighted by atomic mass is 35.7. The van der Waals surface area contributed by atoms with Crippen LogP contribution in [-0.2, 0) is 15.5 Å². The second-order valence-electron chi connectivity index (χ2n) is 3.68. The van der Waals surface area contributed by atoms with Crippen molar-refractivity contribution in [1.29, 1.82) is 0 Å². The van der Waals surface area contributed by atoms with Gasteiger partial charge in [-0.1, -0.05) is 6.92 Å². The molecule has 0 aliphatic rings. The molecule has 15 heavy (non-hydrogen) atoms. The molecule has 0 N–H and O–H groups in total. The number of aromatic nitrogens is 2. The summed E-state index contributed by atoms with van der Waals surface area (Å²) in [7, 11) is 1.53. The molecule has 1 rings (SSSR count). The van der Waals surface area contributed by atoms with E-state index in [2.05, 4.69) is 4.98 Å². The summed E-state index contributed by atoms with van der Waals surface area (Å²) in [6, 6.07) is 0.186. The molecule has 0 atom stereocenters. The van der Waals surface area contributed by atoms with Crippen LogP contribution in [0.1, 0.15) is 39.1 Å². The minimum atomic E-state index is -3.72. The van der Waals surface area contributed by atoms with Crippen LogP contribution < -0.4 is 0 Å². The Hall–Kier alpha value is -0.550. The van der Waals surface area contributed by atoms with Gasteiger partial charge in [-0.2, -0.15) is 0 Å². The van der Waals surface area contributed by atoms with Crippen molar-refractivity contribution in [3.63, 3.8) is 0 Å². The van der Waals surface area contributed by atoms with E-state index in [0.29, 0.717) is 0 Å². The molecule has 1 heterocycles. The third-order valence-corrected chi connectivity index (χ3v) is 3.24. The minimum absolute atomic E-state index is 0.0543. The summed E-state index contributed by atoms with van der Waals surface area (Å²) < 4.78 is 24.1. The van der Waals surface area contributed by atoms with Gasteiger partial charge < -0.3 is 4.57 Å². The lowest BCUT2D eigenvalue weighted by atomic mass is 10.3. The first-order valence-electron chi connectivity index (χ1n) is 4.88. The molecule has 0 fully saturated rings. The van der Waals surface area contributed by atoms with Gasteiger partial charge in [0.2, 0.25) is 0 Å². The zero-order chi connectivity index (χ0) is 11.6. The number of halogens is 1. The third-order valence-electron chi connectivity index (χ3n) is 2.07. The van der Waals surface area contributed by atoms with Gasteiger partial charge in [0, 0.05) is 29.3 Å². The van der Waals surface area contributed by atoms with E-state index in [1.54, 1.807) is 0 Å². The van der Waals surface area contributed by atoms with Crippen molar-refractivity contribution >= 4 is 19.7 Å². The largest absolute Gasteiger partial charge is 0.331 e. The fraction of sp³-hybridized carbons (Fsp3) is 0.667. The summed E-state index contributed by atoms with van der Waals surface area (Å²) in [5.74, 6) is 0.770. The second kappa shape index (κ2) is 4.53. The van der Waals surface area contributed by atoms with Crippen LogP contribution in [-0.4, -0.2) is 18.0 Å². The Bertz CT molecular complexity index is 437. The van der Waals surface area contributed by atoms with Gasteiger partial charge in [0.1, 0.15) is 5.82 Å². The van der Waals surface area contributed by atoms with E-state index in [1.165, 1.54) is 6.20 Å². The van der Waals surface area contributed by atoms with E-state index in [1.807, 2.05) is 25.3 Å². The van der Waals surface area contributed by atoms with Gasteiger partial charge in [0.05, 0.1) is 0 Å². The van der Waals surface area contributed by atoms with E-state index in [9.17, 15) is 8.42 Å². The predicted octanol–water partition coefficient (Wildman–Crippen LogP) is 2.34. The zero-order valence-corrected chi connectivity index (χ0v) is 10.6. The maximum atomic E-state index is 11.1. The SMILES string of the molecule is CCCc1nc(S(=O)(=O)Cl)cn1C(C)C. The fourth-order valence-corrected chi connectivity index (χ4v) is 2.06. The molecule has 0 spiro atoms. The molecule has 0 bridgehead atoms. The number of nitrogens with zero attached hydrogens (tertiary/aromatic N) is 2. The molecule has 0 unspecified atom stereocenters. The van der Waals surface area contributed by atoms with Crippen LogP contribution in [0.15, 0.2) is 11.2 Å². The van der Waals surface area contributed by atoms with Crippen LogP contribution in [0.5, 0.6) is 0 Å². The normalized spacial score (nSPS) is 12.3. The number of imidazole rings is 1. The monoisotopic (exact) mass is 250 g/mol. The standard InChI is InChI=1S/C9H15ClN2O2S/c1-4-5-8-11-9(15(10,13)14)6-12(8)7(2)3/h6-7H,4-5H2,1-3H3. The molecule has 0 saturated heterocycles. The molecule has 4 nitrogen and oxygen atoms in total. The summed E-state index contributed by atoms with van der Waals surface area (Å²) in [4.78, 5) is 4.04. The van der Waals surface area contributed by atoms with Gasteiger partial charge in [-0.25, -0.2) is 13.4 Å². The molecule has 0 aromatic carbocycles. The Morgan fingerprint density at radius 2 is 2.13 bits per heavy atom. The van der Waals surface area contributed by atoms with Crippen LogP contribution >= 0.6 is 10.7 Å². The Labute approximate surface area is 94.7 Å². The second-order valence-corrected chi connectivity index (χ2v) is 6.20. The summed E-state index contributed by atoms with van der Waals surface area (Å²) in [6.45, 7) is 5.98. The van der Waals surface area contributed by atoms with Crippen molar-refractivity contribution in [2.24, 2.45) is 0 Å². The molecule has 6 heteroatoms. The summed E-state index contributed by atoms with van der Waals surface area (Å²) in [5, 5.41) is -0.0543. The molecule has 0 aliphatic heterocycles. The molecule has 0 radical (unpaired) electrons. The highest BCUT2D eigenvalue weighted by molar-refractivity contribution is 8.13. The fourth-order valence-electron chi connectivity index (χ4n) is 1.38. The van der Waals surface area contributed by atoms with E-state index in [-0.39, 0.29) is 11.1 Å². The van der Waals surface area contributed by atoms with Crippen LogP contribution in [0.4, 0.5) is 0 Å². The first-order chi connectivity index (χ1) is 6.86. The first kappa shape index (κ1) is 12.5.